The van der Waals surface area contributed by atoms with Gasteiger partial charge in [-0.25, -0.2) is 9.79 Å². The number of aromatic nitrogens is 1. The van der Waals surface area contributed by atoms with E-state index >= 15 is 0 Å². The summed E-state index contributed by atoms with van der Waals surface area (Å²) in [4.78, 5) is 29.7. The monoisotopic (exact) mass is 350 g/mol. The van der Waals surface area contributed by atoms with Gasteiger partial charge in [0.15, 0.2) is 4.80 Å². The number of hydrogen-bond acceptors (Lipinski definition) is 5. The van der Waals surface area contributed by atoms with Gasteiger partial charge >= 0.3 is 5.97 Å². The van der Waals surface area contributed by atoms with Gasteiger partial charge in [-0.15, -0.1) is 0 Å². The summed E-state index contributed by atoms with van der Waals surface area (Å²) in [6, 6.07) is 17.3. The lowest BCUT2D eigenvalue weighted by Crippen LogP contribution is -2.37. The molecule has 0 radical (unpaired) electrons. The number of thiazole rings is 1. The molecule has 4 rings (SSSR count). The largest absolute Gasteiger partial charge is 0.466 e. The molecule has 5 nitrogen and oxygen atoms in total. The van der Waals surface area contributed by atoms with Crippen LogP contribution in [0.5, 0.6) is 0 Å². The Kier molecular flexibility index (Phi) is 3.82. The normalized spacial score (nSPS) is 15.9. The highest BCUT2D eigenvalue weighted by Crippen LogP contribution is 2.33. The molecule has 0 saturated heterocycles. The van der Waals surface area contributed by atoms with Crippen LogP contribution in [-0.4, -0.2) is 17.6 Å². The van der Waals surface area contributed by atoms with Gasteiger partial charge in [0.05, 0.1) is 18.8 Å². The molecule has 6 heteroatoms. The number of methoxy groups -OCH3 is 1. The minimum atomic E-state index is -0.551. The third-order valence-electron chi connectivity index (χ3n) is 4.11. The van der Waals surface area contributed by atoms with Gasteiger partial charge in [-0.2, -0.15) is 0 Å². The van der Waals surface area contributed by atoms with Crippen molar-refractivity contribution in [2.45, 2.75) is 6.04 Å². The molecule has 124 valence electrons. The van der Waals surface area contributed by atoms with Crippen LogP contribution in [0.1, 0.15) is 17.2 Å². The lowest BCUT2D eigenvalue weighted by Gasteiger charge is -2.23. The standard InChI is InChI=1S/C19H14N2O3S/c1-24-16(22)11-15-18(23)21-17(12-7-3-2-4-8-12)13-9-5-6-10-14(13)20-19(21)25-15/h2-11,17H,1H3/b15-11+. The summed E-state index contributed by atoms with van der Waals surface area (Å²) < 4.78 is 6.62. The van der Waals surface area contributed by atoms with E-state index in [-0.39, 0.29) is 11.6 Å². The molecule has 0 N–H and O–H groups in total. The molecular formula is C19H14N2O3S. The van der Waals surface area contributed by atoms with E-state index in [1.54, 1.807) is 4.57 Å². The fourth-order valence-electron chi connectivity index (χ4n) is 2.98. The van der Waals surface area contributed by atoms with E-state index in [4.69, 9.17) is 0 Å². The molecule has 0 amide bonds. The predicted molar refractivity (Wildman–Crippen MR) is 95.6 cm³/mol. The molecule has 1 aromatic heterocycles. The van der Waals surface area contributed by atoms with Crippen molar-refractivity contribution in [3.8, 4) is 0 Å². The Morgan fingerprint density at radius 3 is 2.64 bits per heavy atom. The zero-order valence-corrected chi connectivity index (χ0v) is 14.2. The average Bonchev–Trinajstić information content (AvgIpc) is 2.95. The van der Waals surface area contributed by atoms with Crippen LogP contribution >= 0.6 is 11.3 Å². The molecule has 2 aromatic carbocycles. The Morgan fingerprint density at radius 1 is 1.16 bits per heavy atom. The Bertz CT molecular complexity index is 1130. The van der Waals surface area contributed by atoms with Crippen LogP contribution in [0.2, 0.25) is 0 Å². The number of benzene rings is 2. The van der Waals surface area contributed by atoms with Crippen molar-refractivity contribution in [1.82, 2.24) is 4.57 Å². The maximum atomic E-state index is 12.9. The number of carbonyl (C=O) groups is 1. The number of hydrogen-bond donors (Lipinski definition) is 0. The summed E-state index contributed by atoms with van der Waals surface area (Å²) in [5, 5.41) is 0. The van der Waals surface area contributed by atoms with E-state index in [9.17, 15) is 9.59 Å². The Labute approximate surface area is 147 Å². The zero-order valence-electron chi connectivity index (χ0n) is 13.4. The maximum absolute atomic E-state index is 12.9. The average molecular weight is 350 g/mol. The quantitative estimate of drug-likeness (QED) is 0.518. The summed E-state index contributed by atoms with van der Waals surface area (Å²) in [6.07, 6.45) is 1.22. The molecule has 25 heavy (non-hydrogen) atoms. The lowest BCUT2D eigenvalue weighted by molar-refractivity contribution is -0.133. The Hall–Kier alpha value is -2.99. The maximum Gasteiger partial charge on any atom is 0.332 e. The van der Waals surface area contributed by atoms with Gasteiger partial charge in [0.1, 0.15) is 4.53 Å². The first-order valence-electron chi connectivity index (χ1n) is 7.72. The fraction of sp³-hybridized carbons (Fsp3) is 0.105. The number of carbonyl (C=O) groups excluding carboxylic acids is 1. The lowest BCUT2D eigenvalue weighted by atomic mass is 9.96. The van der Waals surface area contributed by atoms with E-state index < -0.39 is 5.97 Å². The summed E-state index contributed by atoms with van der Waals surface area (Å²) in [5.74, 6) is -0.551. The molecule has 2 heterocycles. The summed E-state index contributed by atoms with van der Waals surface area (Å²) in [6.45, 7) is 0. The van der Waals surface area contributed by atoms with Crippen molar-refractivity contribution in [2.75, 3.05) is 7.11 Å². The van der Waals surface area contributed by atoms with E-state index in [1.807, 2.05) is 54.6 Å². The Morgan fingerprint density at radius 2 is 1.88 bits per heavy atom. The molecule has 0 spiro atoms. The van der Waals surface area contributed by atoms with E-state index in [1.165, 1.54) is 24.5 Å². The fourth-order valence-corrected chi connectivity index (χ4v) is 3.95. The molecule has 0 aliphatic carbocycles. The summed E-state index contributed by atoms with van der Waals surface area (Å²) in [5.41, 5.74) is 2.56. The first-order chi connectivity index (χ1) is 12.2. The number of nitrogens with zero attached hydrogens (tertiary/aromatic N) is 2. The SMILES string of the molecule is COC(=O)/C=c1/sc2n(c1=O)C(c1ccccc1)c1ccccc1N=2. The van der Waals surface area contributed by atoms with Crippen LogP contribution in [0.4, 0.5) is 5.69 Å². The minimum Gasteiger partial charge on any atom is -0.466 e. The van der Waals surface area contributed by atoms with Gasteiger partial charge in [-0.05, 0) is 11.6 Å². The van der Waals surface area contributed by atoms with E-state index in [0.29, 0.717) is 9.33 Å². The van der Waals surface area contributed by atoms with Crippen molar-refractivity contribution in [3.05, 3.63) is 85.4 Å². The first-order valence-corrected chi connectivity index (χ1v) is 8.54. The zero-order chi connectivity index (χ0) is 17.4. The van der Waals surface area contributed by atoms with Crippen molar-refractivity contribution in [2.24, 2.45) is 4.99 Å². The van der Waals surface area contributed by atoms with E-state index in [0.717, 1.165) is 16.8 Å². The van der Waals surface area contributed by atoms with Crippen LogP contribution in [0.25, 0.3) is 6.08 Å². The highest BCUT2D eigenvalue weighted by atomic mass is 32.1. The van der Waals surface area contributed by atoms with Crippen LogP contribution in [0, 0.1) is 0 Å². The summed E-state index contributed by atoms with van der Waals surface area (Å²) >= 11 is 1.20. The molecule has 0 fully saturated rings. The third kappa shape index (κ3) is 2.60. The van der Waals surface area contributed by atoms with Gasteiger partial charge in [0.25, 0.3) is 5.56 Å². The van der Waals surface area contributed by atoms with Crippen LogP contribution in [0.15, 0.2) is 64.4 Å². The molecule has 1 atom stereocenters. The number of para-hydroxylation sites is 1. The molecule has 0 bridgehead atoms. The third-order valence-corrected chi connectivity index (χ3v) is 5.09. The number of esters is 1. The highest BCUT2D eigenvalue weighted by Gasteiger charge is 2.26. The number of ether oxygens (including phenoxy) is 1. The van der Waals surface area contributed by atoms with Crippen molar-refractivity contribution in [1.29, 1.82) is 0 Å². The van der Waals surface area contributed by atoms with Gasteiger partial charge in [0, 0.05) is 11.6 Å². The molecule has 1 aliphatic rings. The second-order valence-electron chi connectivity index (χ2n) is 5.58. The van der Waals surface area contributed by atoms with Gasteiger partial charge in [-0.3, -0.25) is 9.36 Å². The van der Waals surface area contributed by atoms with Crippen molar-refractivity contribution >= 4 is 29.1 Å². The number of fused-ring (bicyclic) bond motifs is 2. The van der Waals surface area contributed by atoms with Crippen LogP contribution in [-0.2, 0) is 9.53 Å². The molecule has 3 aromatic rings. The second-order valence-corrected chi connectivity index (χ2v) is 6.58. The topological polar surface area (TPSA) is 60.7 Å². The minimum absolute atomic E-state index is 0.238. The van der Waals surface area contributed by atoms with Crippen LogP contribution < -0.4 is 14.9 Å². The number of rotatable bonds is 2. The van der Waals surface area contributed by atoms with Crippen LogP contribution in [0.3, 0.4) is 0 Å². The van der Waals surface area contributed by atoms with Gasteiger partial charge < -0.3 is 4.74 Å². The molecule has 1 unspecified atom stereocenters. The molecular weight excluding hydrogens is 336 g/mol. The Balaban J connectivity index is 2.05. The smallest absolute Gasteiger partial charge is 0.332 e. The van der Waals surface area contributed by atoms with Gasteiger partial charge in [-0.1, -0.05) is 59.9 Å². The van der Waals surface area contributed by atoms with E-state index in [2.05, 4.69) is 9.73 Å². The highest BCUT2D eigenvalue weighted by molar-refractivity contribution is 7.07. The molecule has 1 aliphatic heterocycles. The summed E-state index contributed by atoms with van der Waals surface area (Å²) in [7, 11) is 1.29. The predicted octanol–water partition coefficient (Wildman–Crippen LogP) is 1.77. The second kappa shape index (κ2) is 6.14. The first kappa shape index (κ1) is 15.5. The van der Waals surface area contributed by atoms with Crippen molar-refractivity contribution in [3.63, 3.8) is 0 Å². The molecule has 0 saturated carbocycles. The van der Waals surface area contributed by atoms with Crippen molar-refractivity contribution < 1.29 is 9.53 Å². The van der Waals surface area contributed by atoms with Gasteiger partial charge in [0.2, 0.25) is 0 Å².